The third kappa shape index (κ3) is 1.36. The normalized spacial score (nSPS) is 9.30. The first kappa shape index (κ1) is 7.28. The summed E-state index contributed by atoms with van der Waals surface area (Å²) in [6.07, 6.45) is 3.21. The summed E-state index contributed by atoms with van der Waals surface area (Å²) >= 11 is 3.21. The number of hydrogen-bond donors (Lipinski definition) is 1. The molecule has 1 aromatic heterocycles. The van der Waals surface area contributed by atoms with E-state index in [9.17, 15) is 0 Å². The molecule has 1 rings (SSSR count). The molecule has 1 heterocycles. The fourth-order valence-corrected chi connectivity index (χ4v) is 1.09. The van der Waals surface area contributed by atoms with Crippen LogP contribution in [0.4, 0.5) is 0 Å². The zero-order valence-electron chi connectivity index (χ0n) is 5.21. The number of hydrogen-bond acceptors (Lipinski definition) is 2. The van der Waals surface area contributed by atoms with Gasteiger partial charge in [-0.1, -0.05) is 6.58 Å². The standard InChI is InChI=1S/C7H6BrNO/c1-5(10)6-2-3-9-4-7(6)8/h2-4,10H,1H2. The molecule has 1 aromatic rings. The molecule has 0 saturated heterocycles. The van der Waals surface area contributed by atoms with Crippen LogP contribution in [-0.4, -0.2) is 10.1 Å². The lowest BCUT2D eigenvalue weighted by Gasteiger charge is -1.98. The lowest BCUT2D eigenvalue weighted by Crippen LogP contribution is -1.82. The van der Waals surface area contributed by atoms with Crippen LogP contribution in [0.5, 0.6) is 0 Å². The predicted octanol–water partition coefficient (Wildman–Crippen LogP) is 2.37. The summed E-state index contributed by atoms with van der Waals surface area (Å²) in [5.41, 5.74) is 0.676. The van der Waals surface area contributed by atoms with Crippen LogP contribution >= 0.6 is 15.9 Å². The highest BCUT2D eigenvalue weighted by Crippen LogP contribution is 2.19. The third-order valence-electron chi connectivity index (χ3n) is 1.08. The van der Waals surface area contributed by atoms with Gasteiger partial charge in [-0.2, -0.15) is 0 Å². The number of pyridine rings is 1. The van der Waals surface area contributed by atoms with Crippen molar-refractivity contribution < 1.29 is 5.11 Å². The summed E-state index contributed by atoms with van der Waals surface area (Å²) in [5.74, 6) is 0.0503. The smallest absolute Gasteiger partial charge is 0.116 e. The second-order valence-electron chi connectivity index (χ2n) is 1.80. The number of rotatable bonds is 1. The van der Waals surface area contributed by atoms with Crippen LogP contribution in [0.25, 0.3) is 5.76 Å². The van der Waals surface area contributed by atoms with Gasteiger partial charge in [-0.3, -0.25) is 4.98 Å². The Labute approximate surface area is 67.4 Å². The fraction of sp³-hybridized carbons (Fsp3) is 0. The number of halogens is 1. The average molecular weight is 200 g/mol. The number of aromatic nitrogens is 1. The van der Waals surface area contributed by atoms with Gasteiger partial charge in [-0.15, -0.1) is 0 Å². The molecule has 0 atom stereocenters. The van der Waals surface area contributed by atoms with Crippen molar-refractivity contribution in [1.29, 1.82) is 0 Å². The van der Waals surface area contributed by atoms with Crippen molar-refractivity contribution in [3.8, 4) is 0 Å². The van der Waals surface area contributed by atoms with E-state index in [0.29, 0.717) is 5.56 Å². The lowest BCUT2D eigenvalue weighted by molar-refractivity contribution is 0.513. The van der Waals surface area contributed by atoms with Crippen molar-refractivity contribution in [2.45, 2.75) is 0 Å². The summed E-state index contributed by atoms with van der Waals surface area (Å²) in [7, 11) is 0. The van der Waals surface area contributed by atoms with Crippen molar-refractivity contribution in [1.82, 2.24) is 4.98 Å². The van der Waals surface area contributed by atoms with Gasteiger partial charge in [0.25, 0.3) is 0 Å². The zero-order valence-corrected chi connectivity index (χ0v) is 6.80. The number of nitrogens with zero attached hydrogens (tertiary/aromatic N) is 1. The van der Waals surface area contributed by atoms with Crippen molar-refractivity contribution in [3.63, 3.8) is 0 Å². The van der Waals surface area contributed by atoms with Gasteiger partial charge in [-0.25, -0.2) is 0 Å². The first-order chi connectivity index (χ1) is 4.72. The van der Waals surface area contributed by atoms with Gasteiger partial charge in [0.05, 0.1) is 0 Å². The lowest BCUT2D eigenvalue weighted by atomic mass is 10.2. The molecule has 0 fully saturated rings. The Bertz CT molecular complexity index is 260. The molecule has 0 amide bonds. The van der Waals surface area contributed by atoms with Crippen LogP contribution in [-0.2, 0) is 0 Å². The molecule has 0 spiro atoms. The molecule has 10 heavy (non-hydrogen) atoms. The minimum Gasteiger partial charge on any atom is -0.508 e. The SMILES string of the molecule is C=C(O)c1ccncc1Br. The van der Waals surface area contributed by atoms with E-state index in [1.165, 1.54) is 0 Å². The summed E-state index contributed by atoms with van der Waals surface area (Å²) in [4.78, 5) is 3.83. The minimum absolute atomic E-state index is 0.0503. The van der Waals surface area contributed by atoms with Gasteiger partial charge < -0.3 is 5.11 Å². The Hall–Kier alpha value is -0.830. The van der Waals surface area contributed by atoms with E-state index in [1.807, 2.05) is 0 Å². The summed E-state index contributed by atoms with van der Waals surface area (Å²) < 4.78 is 0.752. The molecule has 0 aliphatic carbocycles. The molecular weight excluding hydrogens is 194 g/mol. The molecule has 2 nitrogen and oxygen atoms in total. The van der Waals surface area contributed by atoms with Crippen LogP contribution in [0, 0.1) is 0 Å². The Kier molecular flexibility index (Phi) is 2.06. The van der Waals surface area contributed by atoms with E-state index in [0.717, 1.165) is 4.47 Å². The van der Waals surface area contributed by atoms with Crippen molar-refractivity contribution in [2.75, 3.05) is 0 Å². The molecule has 0 unspecified atom stereocenters. The molecule has 0 aliphatic rings. The second-order valence-corrected chi connectivity index (χ2v) is 2.66. The Morgan fingerprint density at radius 1 is 1.70 bits per heavy atom. The molecule has 0 aliphatic heterocycles. The molecular formula is C7H6BrNO. The monoisotopic (exact) mass is 199 g/mol. The van der Waals surface area contributed by atoms with E-state index in [1.54, 1.807) is 18.5 Å². The summed E-state index contributed by atoms with van der Waals surface area (Å²) in [5, 5.41) is 8.95. The topological polar surface area (TPSA) is 33.1 Å². The van der Waals surface area contributed by atoms with Crippen LogP contribution < -0.4 is 0 Å². The largest absolute Gasteiger partial charge is 0.508 e. The fourth-order valence-electron chi connectivity index (χ4n) is 0.609. The highest BCUT2D eigenvalue weighted by atomic mass is 79.9. The number of aliphatic hydroxyl groups excluding tert-OH is 1. The molecule has 3 heteroatoms. The number of aliphatic hydroxyl groups is 1. The van der Waals surface area contributed by atoms with E-state index in [-0.39, 0.29) is 5.76 Å². The van der Waals surface area contributed by atoms with E-state index < -0.39 is 0 Å². The first-order valence-corrected chi connectivity index (χ1v) is 3.49. The van der Waals surface area contributed by atoms with Crippen molar-refractivity contribution >= 4 is 21.7 Å². The minimum atomic E-state index is 0.0503. The molecule has 52 valence electrons. The highest BCUT2D eigenvalue weighted by Gasteiger charge is 1.99. The molecule has 1 N–H and O–H groups in total. The zero-order chi connectivity index (χ0) is 7.56. The quantitative estimate of drug-likeness (QED) is 0.706. The molecule has 0 aromatic carbocycles. The highest BCUT2D eigenvalue weighted by molar-refractivity contribution is 9.10. The van der Waals surface area contributed by atoms with Crippen molar-refractivity contribution in [3.05, 3.63) is 35.1 Å². The Morgan fingerprint density at radius 3 is 2.80 bits per heavy atom. The Balaban J connectivity index is 3.15. The van der Waals surface area contributed by atoms with Gasteiger partial charge in [0.1, 0.15) is 5.76 Å². The van der Waals surface area contributed by atoms with Crippen LogP contribution in [0.2, 0.25) is 0 Å². The maximum atomic E-state index is 8.95. The maximum absolute atomic E-state index is 8.95. The summed E-state index contributed by atoms with van der Waals surface area (Å²) in [6.45, 7) is 3.38. The van der Waals surface area contributed by atoms with Gasteiger partial charge in [0, 0.05) is 22.4 Å². The van der Waals surface area contributed by atoms with E-state index >= 15 is 0 Å². The van der Waals surface area contributed by atoms with Crippen LogP contribution in [0.3, 0.4) is 0 Å². The van der Waals surface area contributed by atoms with Crippen LogP contribution in [0.1, 0.15) is 5.56 Å². The Morgan fingerprint density at radius 2 is 2.40 bits per heavy atom. The first-order valence-electron chi connectivity index (χ1n) is 2.69. The third-order valence-corrected chi connectivity index (χ3v) is 1.72. The predicted molar refractivity (Wildman–Crippen MR) is 43.6 cm³/mol. The van der Waals surface area contributed by atoms with Crippen LogP contribution in [0.15, 0.2) is 29.5 Å². The van der Waals surface area contributed by atoms with Gasteiger partial charge in [0.15, 0.2) is 0 Å². The van der Waals surface area contributed by atoms with Gasteiger partial charge >= 0.3 is 0 Å². The van der Waals surface area contributed by atoms with Gasteiger partial charge in [0.2, 0.25) is 0 Å². The van der Waals surface area contributed by atoms with E-state index in [4.69, 9.17) is 5.11 Å². The summed E-state index contributed by atoms with van der Waals surface area (Å²) in [6, 6.07) is 1.69. The molecule has 0 saturated carbocycles. The van der Waals surface area contributed by atoms with Gasteiger partial charge in [-0.05, 0) is 22.0 Å². The second kappa shape index (κ2) is 2.84. The molecule has 0 bridgehead atoms. The van der Waals surface area contributed by atoms with E-state index in [2.05, 4.69) is 27.5 Å². The molecule has 0 radical (unpaired) electrons. The maximum Gasteiger partial charge on any atom is 0.116 e. The van der Waals surface area contributed by atoms with Crippen molar-refractivity contribution in [2.24, 2.45) is 0 Å². The average Bonchev–Trinajstić information content (AvgIpc) is 1.88.